The van der Waals surface area contributed by atoms with E-state index in [2.05, 4.69) is 20.5 Å². The van der Waals surface area contributed by atoms with Gasteiger partial charge in [-0.05, 0) is 19.3 Å². The average Bonchev–Trinajstić information content (AvgIpc) is 2.94. The predicted molar refractivity (Wildman–Crippen MR) is 79.8 cm³/mol. The van der Waals surface area contributed by atoms with E-state index in [0.29, 0.717) is 11.5 Å². The molecular formula is C15H19N5O2. The van der Waals surface area contributed by atoms with Crippen molar-refractivity contribution in [2.75, 3.05) is 18.0 Å². The third kappa shape index (κ3) is 2.47. The number of carbonyl (C=O) groups is 1. The molecule has 22 heavy (non-hydrogen) atoms. The Morgan fingerprint density at radius 1 is 1.41 bits per heavy atom. The highest BCUT2D eigenvalue weighted by molar-refractivity contribution is 5.95. The molecule has 2 aliphatic rings. The predicted octanol–water partition coefficient (Wildman–Crippen LogP) is 1.29. The van der Waals surface area contributed by atoms with Crippen molar-refractivity contribution in [3.8, 4) is 0 Å². The molecule has 1 aliphatic carbocycles. The van der Waals surface area contributed by atoms with E-state index < -0.39 is 0 Å². The van der Waals surface area contributed by atoms with Crippen LogP contribution in [0.25, 0.3) is 0 Å². The van der Waals surface area contributed by atoms with E-state index in [-0.39, 0.29) is 11.9 Å². The first kappa shape index (κ1) is 13.4. The smallest absolute Gasteiger partial charge is 0.256 e. The Hall–Kier alpha value is -2.31. The van der Waals surface area contributed by atoms with Gasteiger partial charge in [0, 0.05) is 44.4 Å². The molecule has 4 rings (SSSR count). The molecule has 7 nitrogen and oxygen atoms in total. The van der Waals surface area contributed by atoms with Crippen LogP contribution in [0.4, 0.5) is 5.82 Å². The summed E-state index contributed by atoms with van der Waals surface area (Å²) < 4.78 is 6.78. The third-order valence-corrected chi connectivity index (χ3v) is 4.35. The summed E-state index contributed by atoms with van der Waals surface area (Å²) in [6.07, 6.45) is 6.52. The lowest BCUT2D eigenvalue weighted by molar-refractivity contribution is 0.0939. The van der Waals surface area contributed by atoms with Gasteiger partial charge in [0.15, 0.2) is 5.82 Å². The fourth-order valence-electron chi connectivity index (χ4n) is 2.99. The van der Waals surface area contributed by atoms with Crippen LogP contribution in [0.2, 0.25) is 0 Å². The van der Waals surface area contributed by atoms with Crippen LogP contribution in [0.1, 0.15) is 41.2 Å². The first-order chi connectivity index (χ1) is 10.7. The second-order valence-corrected chi connectivity index (χ2v) is 6.14. The highest BCUT2D eigenvalue weighted by Gasteiger charge is 2.33. The Kier molecular flexibility index (Phi) is 3.13. The highest BCUT2D eigenvalue weighted by Crippen LogP contribution is 2.40. The maximum Gasteiger partial charge on any atom is 0.256 e. The molecule has 0 radical (unpaired) electrons. The van der Waals surface area contributed by atoms with Gasteiger partial charge in [-0.15, -0.1) is 0 Å². The lowest BCUT2D eigenvalue weighted by Gasteiger charge is -2.16. The average molecular weight is 301 g/mol. The molecule has 1 N–H and O–H groups in total. The first-order valence-electron chi connectivity index (χ1n) is 7.70. The van der Waals surface area contributed by atoms with Crippen LogP contribution in [0, 0.1) is 0 Å². The zero-order chi connectivity index (χ0) is 15.1. The molecule has 7 heteroatoms. The number of anilines is 1. The van der Waals surface area contributed by atoms with Gasteiger partial charge in [0.25, 0.3) is 5.91 Å². The monoisotopic (exact) mass is 301 g/mol. The van der Waals surface area contributed by atoms with Crippen molar-refractivity contribution < 1.29 is 9.32 Å². The summed E-state index contributed by atoms with van der Waals surface area (Å²) in [5.74, 6) is 1.30. The second kappa shape index (κ2) is 5.15. The topological polar surface area (TPSA) is 76.2 Å². The van der Waals surface area contributed by atoms with Crippen molar-refractivity contribution in [2.45, 2.75) is 31.2 Å². The zero-order valence-electron chi connectivity index (χ0n) is 12.5. The van der Waals surface area contributed by atoms with Crippen LogP contribution < -0.4 is 10.2 Å². The SMILES string of the molecule is Cn1ccc(N2CCC(NC(=O)c3conc3C3CC3)C2)n1. The van der Waals surface area contributed by atoms with Gasteiger partial charge in [-0.1, -0.05) is 5.16 Å². The number of aromatic nitrogens is 3. The molecule has 3 heterocycles. The minimum Gasteiger partial charge on any atom is -0.364 e. The molecule has 1 atom stereocenters. The Balaban J connectivity index is 1.39. The highest BCUT2D eigenvalue weighted by atomic mass is 16.5. The summed E-state index contributed by atoms with van der Waals surface area (Å²) in [7, 11) is 1.91. The summed E-state index contributed by atoms with van der Waals surface area (Å²) in [6.45, 7) is 1.69. The summed E-state index contributed by atoms with van der Waals surface area (Å²) in [5.41, 5.74) is 1.41. The van der Waals surface area contributed by atoms with Crippen LogP contribution in [0.5, 0.6) is 0 Å². The molecule has 116 valence electrons. The third-order valence-electron chi connectivity index (χ3n) is 4.35. The van der Waals surface area contributed by atoms with Crippen LogP contribution in [0.3, 0.4) is 0 Å². The molecule has 1 aliphatic heterocycles. The maximum atomic E-state index is 12.4. The first-order valence-corrected chi connectivity index (χ1v) is 7.70. The number of rotatable bonds is 4. The van der Waals surface area contributed by atoms with Crippen LogP contribution in [0.15, 0.2) is 23.0 Å². The number of amides is 1. The minimum absolute atomic E-state index is 0.0731. The van der Waals surface area contributed by atoms with E-state index in [9.17, 15) is 4.79 Å². The van der Waals surface area contributed by atoms with Gasteiger partial charge in [-0.2, -0.15) is 5.10 Å². The van der Waals surface area contributed by atoms with E-state index in [1.807, 2.05) is 19.3 Å². The fourth-order valence-corrected chi connectivity index (χ4v) is 2.99. The molecule has 0 spiro atoms. The van der Waals surface area contributed by atoms with Gasteiger partial charge < -0.3 is 14.7 Å². The number of aryl methyl sites for hydroxylation is 1. The number of hydrogen-bond donors (Lipinski definition) is 1. The summed E-state index contributed by atoms with van der Waals surface area (Å²) in [4.78, 5) is 14.6. The van der Waals surface area contributed by atoms with E-state index >= 15 is 0 Å². The number of nitrogens with one attached hydrogen (secondary N) is 1. The molecular weight excluding hydrogens is 282 g/mol. The number of hydrogen-bond acceptors (Lipinski definition) is 5. The van der Waals surface area contributed by atoms with Crippen molar-refractivity contribution in [1.82, 2.24) is 20.3 Å². The molecule has 2 aromatic rings. The largest absolute Gasteiger partial charge is 0.364 e. The van der Waals surface area contributed by atoms with Crippen molar-refractivity contribution in [3.05, 3.63) is 29.8 Å². The maximum absolute atomic E-state index is 12.4. The molecule has 1 saturated carbocycles. The molecule has 2 fully saturated rings. The van der Waals surface area contributed by atoms with Gasteiger partial charge in [-0.3, -0.25) is 9.48 Å². The van der Waals surface area contributed by atoms with Gasteiger partial charge >= 0.3 is 0 Å². The van der Waals surface area contributed by atoms with E-state index in [1.165, 1.54) is 6.26 Å². The summed E-state index contributed by atoms with van der Waals surface area (Å²) in [6, 6.07) is 2.13. The van der Waals surface area contributed by atoms with Gasteiger partial charge in [-0.25, -0.2) is 0 Å². The van der Waals surface area contributed by atoms with Gasteiger partial charge in [0.2, 0.25) is 0 Å². The summed E-state index contributed by atoms with van der Waals surface area (Å²) >= 11 is 0. The van der Waals surface area contributed by atoms with Crippen LogP contribution in [-0.2, 0) is 7.05 Å². The Labute approximate surface area is 128 Å². The van der Waals surface area contributed by atoms with Crippen molar-refractivity contribution >= 4 is 11.7 Å². The Morgan fingerprint density at radius 2 is 2.27 bits per heavy atom. The molecule has 1 unspecified atom stereocenters. The van der Waals surface area contributed by atoms with Gasteiger partial charge in [0.05, 0.1) is 5.69 Å². The Bertz CT molecular complexity index is 688. The van der Waals surface area contributed by atoms with E-state index in [1.54, 1.807) is 4.68 Å². The number of nitrogens with zero attached hydrogens (tertiary/aromatic N) is 4. The van der Waals surface area contributed by atoms with E-state index in [4.69, 9.17) is 4.52 Å². The normalized spacial score (nSPS) is 21.3. The standard InChI is InChI=1S/C15H19N5O2/c1-19-6-5-13(17-19)20-7-4-11(8-20)16-15(21)12-9-22-18-14(12)10-2-3-10/h5-6,9-11H,2-4,7-8H2,1H3,(H,16,21). The van der Waals surface area contributed by atoms with Crippen LogP contribution >= 0.6 is 0 Å². The molecule has 0 aromatic carbocycles. The molecule has 1 amide bonds. The Morgan fingerprint density at radius 3 is 3.00 bits per heavy atom. The second-order valence-electron chi connectivity index (χ2n) is 6.14. The number of carbonyl (C=O) groups excluding carboxylic acids is 1. The van der Waals surface area contributed by atoms with Crippen molar-refractivity contribution in [2.24, 2.45) is 7.05 Å². The van der Waals surface area contributed by atoms with Gasteiger partial charge in [0.1, 0.15) is 11.8 Å². The quantitative estimate of drug-likeness (QED) is 0.921. The zero-order valence-corrected chi connectivity index (χ0v) is 12.5. The fraction of sp³-hybridized carbons (Fsp3) is 0.533. The molecule has 1 saturated heterocycles. The van der Waals surface area contributed by atoms with Crippen molar-refractivity contribution in [1.29, 1.82) is 0 Å². The summed E-state index contributed by atoms with van der Waals surface area (Å²) in [5, 5.41) is 11.5. The minimum atomic E-state index is -0.0731. The lowest BCUT2D eigenvalue weighted by Crippen LogP contribution is -2.37. The van der Waals surface area contributed by atoms with Crippen molar-refractivity contribution in [3.63, 3.8) is 0 Å². The lowest BCUT2D eigenvalue weighted by atomic mass is 10.1. The molecule has 0 bridgehead atoms. The molecule has 2 aromatic heterocycles. The van der Waals surface area contributed by atoms with Crippen LogP contribution in [-0.4, -0.2) is 40.0 Å². The van der Waals surface area contributed by atoms with E-state index in [0.717, 1.165) is 43.9 Å².